The molecule has 0 aliphatic heterocycles. The van der Waals surface area contributed by atoms with Gasteiger partial charge in [-0.25, -0.2) is 4.79 Å². The van der Waals surface area contributed by atoms with Crippen LogP contribution < -0.4 is 10.6 Å². The zero-order chi connectivity index (χ0) is 22.6. The molecule has 0 spiro atoms. The van der Waals surface area contributed by atoms with Gasteiger partial charge in [-0.3, -0.25) is 9.59 Å². The summed E-state index contributed by atoms with van der Waals surface area (Å²) in [6.45, 7) is 5.12. The van der Waals surface area contributed by atoms with Gasteiger partial charge in [-0.05, 0) is 42.5 Å². The van der Waals surface area contributed by atoms with Crippen LogP contribution in [0.3, 0.4) is 0 Å². The van der Waals surface area contributed by atoms with E-state index in [9.17, 15) is 14.4 Å². The molecule has 3 rings (SSSR count). The van der Waals surface area contributed by atoms with Crippen molar-refractivity contribution in [2.75, 3.05) is 6.61 Å². The van der Waals surface area contributed by atoms with Gasteiger partial charge < -0.3 is 20.5 Å². The van der Waals surface area contributed by atoms with Crippen molar-refractivity contribution in [3.63, 3.8) is 0 Å². The number of nitrogens with one attached hydrogen (secondary N) is 2. The average Bonchev–Trinajstić information content (AvgIpc) is 3.05. The Bertz CT molecular complexity index is 944. The van der Waals surface area contributed by atoms with Crippen molar-refractivity contribution < 1.29 is 24.2 Å². The summed E-state index contributed by atoms with van der Waals surface area (Å²) in [6.07, 6.45) is -0.563. The fraction of sp³-hybridized carbons (Fsp3) is 0.375. The molecule has 164 valence electrons. The molecule has 2 atom stereocenters. The third-order valence-corrected chi connectivity index (χ3v) is 5.79. The van der Waals surface area contributed by atoms with E-state index in [0.29, 0.717) is 6.42 Å². The van der Waals surface area contributed by atoms with E-state index in [0.717, 1.165) is 22.3 Å². The molecule has 0 fully saturated rings. The molecule has 2 aromatic rings. The van der Waals surface area contributed by atoms with Crippen LogP contribution in [0.4, 0.5) is 4.79 Å². The topological polar surface area (TPSA) is 105 Å². The van der Waals surface area contributed by atoms with Gasteiger partial charge in [0.15, 0.2) is 0 Å². The SMILES string of the molecule is CCC(C)(NC(=O)OCC1c2ccccc2-c2ccccc21)C(=O)N[C@@H](C)CC(=O)O. The number of carbonyl (C=O) groups is 3. The number of hydrogen-bond donors (Lipinski definition) is 3. The second kappa shape index (κ2) is 9.20. The highest BCUT2D eigenvalue weighted by Gasteiger charge is 2.35. The Morgan fingerprint density at radius 2 is 1.61 bits per heavy atom. The highest BCUT2D eigenvalue weighted by atomic mass is 16.5. The number of hydrogen-bond acceptors (Lipinski definition) is 4. The van der Waals surface area contributed by atoms with Gasteiger partial charge in [0.2, 0.25) is 5.91 Å². The van der Waals surface area contributed by atoms with Crippen molar-refractivity contribution in [3.05, 3.63) is 59.7 Å². The smallest absolute Gasteiger partial charge is 0.408 e. The van der Waals surface area contributed by atoms with Crippen LogP contribution in [0.1, 0.15) is 50.7 Å². The predicted octanol–water partition coefficient (Wildman–Crippen LogP) is 3.67. The van der Waals surface area contributed by atoms with Gasteiger partial charge in [-0.15, -0.1) is 0 Å². The number of benzene rings is 2. The first-order valence-electron chi connectivity index (χ1n) is 10.4. The third kappa shape index (κ3) is 4.87. The molecule has 0 aromatic heterocycles. The number of aliphatic carboxylic acids is 1. The summed E-state index contributed by atoms with van der Waals surface area (Å²) in [5.74, 6) is -1.52. The maximum atomic E-state index is 12.6. The van der Waals surface area contributed by atoms with Gasteiger partial charge in [0.1, 0.15) is 12.1 Å². The molecule has 2 aromatic carbocycles. The van der Waals surface area contributed by atoms with Crippen molar-refractivity contribution in [1.82, 2.24) is 10.6 Å². The zero-order valence-electron chi connectivity index (χ0n) is 18.0. The van der Waals surface area contributed by atoms with Crippen molar-refractivity contribution in [1.29, 1.82) is 0 Å². The molecule has 3 N–H and O–H groups in total. The number of amides is 2. The first kappa shape index (κ1) is 22.3. The van der Waals surface area contributed by atoms with Crippen molar-refractivity contribution in [2.24, 2.45) is 0 Å². The number of carbonyl (C=O) groups excluding carboxylic acids is 2. The standard InChI is InChI=1S/C24H28N2O5/c1-4-24(3,22(29)25-15(2)13-21(27)28)26-23(30)31-14-20-18-11-7-5-9-16(18)17-10-6-8-12-19(17)20/h5-12,15,20H,4,13-14H2,1-3H3,(H,25,29)(H,26,30)(H,27,28)/t15-,24?/m0/s1. The van der Waals surface area contributed by atoms with Crippen LogP contribution in [-0.2, 0) is 14.3 Å². The summed E-state index contributed by atoms with van der Waals surface area (Å²) in [6, 6.07) is 15.5. The third-order valence-electron chi connectivity index (χ3n) is 5.79. The van der Waals surface area contributed by atoms with Gasteiger partial charge in [-0.1, -0.05) is 55.5 Å². The fourth-order valence-electron chi connectivity index (χ4n) is 3.86. The minimum absolute atomic E-state index is 0.0737. The molecular formula is C24H28N2O5. The molecule has 1 unspecified atom stereocenters. The zero-order valence-corrected chi connectivity index (χ0v) is 18.0. The summed E-state index contributed by atoms with van der Waals surface area (Å²) < 4.78 is 5.53. The molecule has 0 heterocycles. The monoisotopic (exact) mass is 424 g/mol. The number of carboxylic acid groups (broad SMARTS) is 1. The van der Waals surface area contributed by atoms with Gasteiger partial charge in [-0.2, -0.15) is 0 Å². The predicted molar refractivity (Wildman–Crippen MR) is 117 cm³/mol. The van der Waals surface area contributed by atoms with Crippen molar-refractivity contribution >= 4 is 18.0 Å². The number of rotatable bonds is 8. The molecular weight excluding hydrogens is 396 g/mol. The van der Waals surface area contributed by atoms with Gasteiger partial charge in [0, 0.05) is 12.0 Å². The van der Waals surface area contributed by atoms with E-state index >= 15 is 0 Å². The van der Waals surface area contributed by atoms with Crippen LogP contribution >= 0.6 is 0 Å². The Labute approximate surface area is 181 Å². The summed E-state index contributed by atoms with van der Waals surface area (Å²) in [5.41, 5.74) is 3.27. The first-order valence-corrected chi connectivity index (χ1v) is 10.4. The summed E-state index contributed by atoms with van der Waals surface area (Å²) in [7, 11) is 0. The Morgan fingerprint density at radius 3 is 2.13 bits per heavy atom. The van der Waals surface area contributed by atoms with Crippen LogP contribution in [0, 0.1) is 0 Å². The lowest BCUT2D eigenvalue weighted by Gasteiger charge is -2.29. The molecule has 1 aliphatic rings. The lowest BCUT2D eigenvalue weighted by Crippen LogP contribution is -2.58. The van der Waals surface area contributed by atoms with Crippen LogP contribution in [0.15, 0.2) is 48.5 Å². The minimum atomic E-state index is -1.21. The minimum Gasteiger partial charge on any atom is -0.481 e. The van der Waals surface area contributed by atoms with Crippen LogP contribution in [-0.4, -0.2) is 41.3 Å². The number of fused-ring (bicyclic) bond motifs is 3. The van der Waals surface area contributed by atoms with Gasteiger partial charge in [0.25, 0.3) is 0 Å². The fourth-order valence-corrected chi connectivity index (χ4v) is 3.86. The molecule has 0 saturated carbocycles. The summed E-state index contributed by atoms with van der Waals surface area (Å²) in [5, 5.41) is 14.2. The van der Waals surface area contributed by atoms with Gasteiger partial charge in [0.05, 0.1) is 6.42 Å². The van der Waals surface area contributed by atoms with Gasteiger partial charge >= 0.3 is 12.1 Å². The number of alkyl carbamates (subject to hydrolysis) is 1. The second-order valence-electron chi connectivity index (χ2n) is 8.11. The maximum absolute atomic E-state index is 12.6. The first-order chi connectivity index (χ1) is 14.7. The molecule has 7 heteroatoms. The Kier molecular flexibility index (Phi) is 6.63. The van der Waals surface area contributed by atoms with Crippen LogP contribution in [0.25, 0.3) is 11.1 Å². The normalized spacial score (nSPS) is 15.2. The molecule has 1 aliphatic carbocycles. The Morgan fingerprint density at radius 1 is 1.06 bits per heavy atom. The largest absolute Gasteiger partial charge is 0.481 e. The van der Waals surface area contributed by atoms with Crippen molar-refractivity contribution in [2.45, 2.75) is 51.1 Å². The molecule has 2 amide bonds. The van der Waals surface area contributed by atoms with E-state index in [2.05, 4.69) is 22.8 Å². The van der Waals surface area contributed by atoms with Crippen LogP contribution in [0.2, 0.25) is 0 Å². The van der Waals surface area contributed by atoms with Crippen molar-refractivity contribution in [3.8, 4) is 11.1 Å². The van der Waals surface area contributed by atoms with E-state index in [4.69, 9.17) is 9.84 Å². The number of carboxylic acids is 1. The molecule has 0 radical (unpaired) electrons. The Hall–Kier alpha value is -3.35. The van der Waals surface area contributed by atoms with Crippen LogP contribution in [0.5, 0.6) is 0 Å². The Balaban J connectivity index is 1.65. The second-order valence-corrected chi connectivity index (χ2v) is 8.11. The quantitative estimate of drug-likeness (QED) is 0.600. The molecule has 0 bridgehead atoms. The lowest BCUT2D eigenvalue weighted by molar-refractivity contribution is -0.137. The van der Waals surface area contributed by atoms with E-state index in [1.54, 1.807) is 20.8 Å². The number of ether oxygens (including phenoxy) is 1. The molecule has 7 nitrogen and oxygen atoms in total. The lowest BCUT2D eigenvalue weighted by atomic mass is 9.97. The van der Waals surface area contributed by atoms with E-state index in [1.807, 2.05) is 36.4 Å². The maximum Gasteiger partial charge on any atom is 0.408 e. The van der Waals surface area contributed by atoms with E-state index < -0.39 is 29.6 Å². The van der Waals surface area contributed by atoms with E-state index in [-0.39, 0.29) is 18.9 Å². The van der Waals surface area contributed by atoms with E-state index in [1.165, 1.54) is 0 Å². The average molecular weight is 424 g/mol. The highest BCUT2D eigenvalue weighted by molar-refractivity contribution is 5.90. The molecule has 0 saturated heterocycles. The highest BCUT2D eigenvalue weighted by Crippen LogP contribution is 2.44. The summed E-state index contributed by atoms with van der Waals surface area (Å²) >= 11 is 0. The molecule has 31 heavy (non-hydrogen) atoms. The summed E-state index contributed by atoms with van der Waals surface area (Å²) in [4.78, 5) is 36.0.